The second-order valence-corrected chi connectivity index (χ2v) is 8.23. The van der Waals surface area contributed by atoms with Crippen molar-refractivity contribution >= 4 is 15.9 Å². The van der Waals surface area contributed by atoms with Gasteiger partial charge in [0.25, 0.3) is 0 Å². The molecule has 7 heteroatoms. The van der Waals surface area contributed by atoms with E-state index in [-0.39, 0.29) is 23.4 Å². The minimum Gasteiger partial charge on any atom is -0.337 e. The molecule has 1 saturated heterocycles. The van der Waals surface area contributed by atoms with Crippen LogP contribution in [0.5, 0.6) is 0 Å². The Labute approximate surface area is 138 Å². The van der Waals surface area contributed by atoms with Crippen LogP contribution >= 0.6 is 0 Å². The molecule has 2 atom stereocenters. The first-order chi connectivity index (χ1) is 10.9. The third-order valence-electron chi connectivity index (χ3n) is 4.38. The van der Waals surface area contributed by atoms with Crippen LogP contribution in [0.15, 0.2) is 35.2 Å². The van der Waals surface area contributed by atoms with E-state index < -0.39 is 10.0 Å². The fourth-order valence-corrected chi connectivity index (χ4v) is 4.08. The van der Waals surface area contributed by atoms with Gasteiger partial charge in [-0.05, 0) is 30.9 Å². The van der Waals surface area contributed by atoms with Gasteiger partial charge in [-0.15, -0.1) is 0 Å². The molecule has 0 saturated carbocycles. The fourth-order valence-electron chi connectivity index (χ4n) is 2.94. The largest absolute Gasteiger partial charge is 0.337 e. The van der Waals surface area contributed by atoms with Crippen molar-refractivity contribution in [2.75, 3.05) is 26.7 Å². The Morgan fingerprint density at radius 1 is 1.35 bits per heavy atom. The SMILES string of the molecule is CC1CCN(C(=O)CN(C)S(=O)(=O)c2ccccc2)C(CN)C1. The molecular weight excluding hydrogens is 314 g/mol. The highest BCUT2D eigenvalue weighted by molar-refractivity contribution is 7.89. The lowest BCUT2D eigenvalue weighted by molar-refractivity contribution is -0.135. The molecule has 0 bridgehead atoms. The first kappa shape index (κ1) is 17.9. The van der Waals surface area contributed by atoms with Gasteiger partial charge < -0.3 is 10.6 Å². The molecular formula is C16H25N3O3S. The van der Waals surface area contributed by atoms with Crippen molar-refractivity contribution in [3.05, 3.63) is 30.3 Å². The number of hydrogen-bond donors (Lipinski definition) is 1. The number of nitrogens with two attached hydrogens (primary N) is 1. The van der Waals surface area contributed by atoms with Crippen LogP contribution in [0.25, 0.3) is 0 Å². The van der Waals surface area contributed by atoms with Crippen molar-refractivity contribution in [2.45, 2.75) is 30.7 Å². The topological polar surface area (TPSA) is 83.7 Å². The van der Waals surface area contributed by atoms with Gasteiger partial charge in [0.2, 0.25) is 15.9 Å². The maximum atomic E-state index is 12.5. The summed E-state index contributed by atoms with van der Waals surface area (Å²) < 4.78 is 26.1. The summed E-state index contributed by atoms with van der Waals surface area (Å²) in [6.07, 6.45) is 1.80. The van der Waals surface area contributed by atoms with Crippen molar-refractivity contribution in [1.29, 1.82) is 0 Å². The number of likely N-dealkylation sites (N-methyl/N-ethyl adjacent to an activating group) is 1. The fraction of sp³-hybridized carbons (Fsp3) is 0.562. The van der Waals surface area contributed by atoms with Crippen LogP contribution in [0, 0.1) is 5.92 Å². The van der Waals surface area contributed by atoms with E-state index in [1.807, 2.05) is 0 Å². The molecule has 2 N–H and O–H groups in total. The molecule has 0 radical (unpaired) electrons. The Morgan fingerprint density at radius 3 is 2.61 bits per heavy atom. The van der Waals surface area contributed by atoms with Crippen molar-refractivity contribution in [2.24, 2.45) is 11.7 Å². The monoisotopic (exact) mass is 339 g/mol. The second kappa shape index (κ2) is 7.42. The number of hydrogen-bond acceptors (Lipinski definition) is 4. The standard InChI is InChI=1S/C16H25N3O3S/c1-13-8-9-19(14(10-13)11-17)16(20)12-18(2)23(21,22)15-6-4-3-5-7-15/h3-7,13-14H,8-12,17H2,1-2H3. The molecule has 1 amide bonds. The number of piperidine rings is 1. The molecule has 0 aliphatic carbocycles. The Balaban J connectivity index is 2.07. The molecule has 0 spiro atoms. The summed E-state index contributed by atoms with van der Waals surface area (Å²) >= 11 is 0. The lowest BCUT2D eigenvalue weighted by Gasteiger charge is -2.38. The molecule has 23 heavy (non-hydrogen) atoms. The zero-order chi connectivity index (χ0) is 17.0. The quantitative estimate of drug-likeness (QED) is 0.864. The summed E-state index contributed by atoms with van der Waals surface area (Å²) in [6, 6.07) is 8.14. The Kier molecular flexibility index (Phi) is 5.78. The Bertz CT molecular complexity index is 633. The molecule has 1 aromatic rings. The zero-order valence-electron chi connectivity index (χ0n) is 13.7. The van der Waals surface area contributed by atoms with Crippen molar-refractivity contribution in [1.82, 2.24) is 9.21 Å². The molecule has 0 aromatic heterocycles. The minimum atomic E-state index is -3.65. The van der Waals surface area contributed by atoms with E-state index in [9.17, 15) is 13.2 Å². The molecule has 2 unspecified atom stereocenters. The zero-order valence-corrected chi connectivity index (χ0v) is 14.5. The van der Waals surface area contributed by atoms with E-state index in [0.717, 1.165) is 17.1 Å². The summed E-state index contributed by atoms with van der Waals surface area (Å²) in [7, 11) is -2.22. The normalized spacial score (nSPS) is 22.3. The minimum absolute atomic E-state index is 0.000852. The molecule has 1 aromatic carbocycles. The molecule has 1 aliphatic rings. The number of likely N-dealkylation sites (tertiary alicyclic amines) is 1. The van der Waals surface area contributed by atoms with E-state index in [0.29, 0.717) is 19.0 Å². The van der Waals surface area contributed by atoms with Gasteiger partial charge >= 0.3 is 0 Å². The van der Waals surface area contributed by atoms with E-state index in [1.165, 1.54) is 19.2 Å². The van der Waals surface area contributed by atoms with Gasteiger partial charge in [-0.3, -0.25) is 4.79 Å². The average Bonchev–Trinajstić information content (AvgIpc) is 2.55. The van der Waals surface area contributed by atoms with Crippen LogP contribution in [-0.4, -0.2) is 56.3 Å². The van der Waals surface area contributed by atoms with Gasteiger partial charge in [0.05, 0.1) is 11.4 Å². The summed E-state index contributed by atoms with van der Waals surface area (Å²) in [4.78, 5) is 14.5. The van der Waals surface area contributed by atoms with Crippen LogP contribution < -0.4 is 5.73 Å². The van der Waals surface area contributed by atoms with E-state index in [1.54, 1.807) is 23.1 Å². The van der Waals surface area contributed by atoms with Gasteiger partial charge in [-0.25, -0.2) is 8.42 Å². The molecule has 1 aliphatic heterocycles. The predicted molar refractivity (Wildman–Crippen MR) is 89.2 cm³/mol. The lowest BCUT2D eigenvalue weighted by Crippen LogP contribution is -2.52. The predicted octanol–water partition coefficient (Wildman–Crippen LogP) is 0.893. The van der Waals surface area contributed by atoms with Gasteiger partial charge in [-0.1, -0.05) is 25.1 Å². The van der Waals surface area contributed by atoms with E-state index in [2.05, 4.69) is 6.92 Å². The highest BCUT2D eigenvalue weighted by Gasteiger charge is 2.31. The third kappa shape index (κ3) is 4.10. The molecule has 128 valence electrons. The van der Waals surface area contributed by atoms with Gasteiger partial charge in [0.15, 0.2) is 0 Å². The summed E-state index contributed by atoms with van der Waals surface area (Å²) in [5.74, 6) is 0.354. The highest BCUT2D eigenvalue weighted by atomic mass is 32.2. The lowest BCUT2D eigenvalue weighted by atomic mass is 9.92. The maximum absolute atomic E-state index is 12.5. The van der Waals surface area contributed by atoms with Crippen molar-refractivity contribution in [3.8, 4) is 0 Å². The van der Waals surface area contributed by atoms with Crippen LogP contribution in [0.4, 0.5) is 0 Å². The van der Waals surface area contributed by atoms with E-state index >= 15 is 0 Å². The van der Waals surface area contributed by atoms with Crippen LogP contribution in [0.3, 0.4) is 0 Å². The average molecular weight is 339 g/mol. The Morgan fingerprint density at radius 2 is 2.00 bits per heavy atom. The van der Waals surface area contributed by atoms with Gasteiger partial charge in [0.1, 0.15) is 0 Å². The number of carbonyl (C=O) groups is 1. The van der Waals surface area contributed by atoms with E-state index in [4.69, 9.17) is 5.73 Å². The number of amides is 1. The van der Waals surface area contributed by atoms with Gasteiger partial charge in [-0.2, -0.15) is 4.31 Å². The molecule has 6 nitrogen and oxygen atoms in total. The highest BCUT2D eigenvalue weighted by Crippen LogP contribution is 2.22. The van der Waals surface area contributed by atoms with Crippen LogP contribution in [0.1, 0.15) is 19.8 Å². The second-order valence-electron chi connectivity index (χ2n) is 6.18. The Hall–Kier alpha value is -1.44. The van der Waals surface area contributed by atoms with Crippen LogP contribution in [0.2, 0.25) is 0 Å². The maximum Gasteiger partial charge on any atom is 0.243 e. The first-order valence-electron chi connectivity index (χ1n) is 7.87. The summed E-state index contributed by atoms with van der Waals surface area (Å²) in [5, 5.41) is 0. The number of nitrogens with zero attached hydrogens (tertiary/aromatic N) is 2. The molecule has 1 fully saturated rings. The number of carbonyl (C=O) groups excluding carboxylic acids is 1. The van der Waals surface area contributed by atoms with Crippen LogP contribution in [-0.2, 0) is 14.8 Å². The number of benzene rings is 1. The summed E-state index contributed by atoms with van der Waals surface area (Å²) in [6.45, 7) is 3.03. The number of rotatable bonds is 5. The smallest absolute Gasteiger partial charge is 0.243 e. The summed E-state index contributed by atoms with van der Waals surface area (Å²) in [5.41, 5.74) is 5.78. The first-order valence-corrected chi connectivity index (χ1v) is 9.31. The molecule has 2 rings (SSSR count). The third-order valence-corrected chi connectivity index (χ3v) is 6.20. The van der Waals surface area contributed by atoms with Crippen molar-refractivity contribution in [3.63, 3.8) is 0 Å². The number of sulfonamides is 1. The van der Waals surface area contributed by atoms with Gasteiger partial charge in [0, 0.05) is 26.2 Å². The van der Waals surface area contributed by atoms with Crippen molar-refractivity contribution < 1.29 is 13.2 Å². The molecule has 1 heterocycles.